The molecule has 0 heterocycles. The fourth-order valence-corrected chi connectivity index (χ4v) is 3.14. The highest BCUT2D eigenvalue weighted by molar-refractivity contribution is 4.93. The zero-order chi connectivity index (χ0) is 13.6. The van der Waals surface area contributed by atoms with Crippen molar-refractivity contribution in [2.75, 3.05) is 0 Å². The zero-order valence-electron chi connectivity index (χ0n) is 13.4. The first-order valence-corrected chi connectivity index (χ1v) is 8.04. The largest absolute Gasteiger partial charge is 0.0885 e. The standard InChI is InChI=1S/C18H34/c1-6-7-8-9-10-11-12-16-13-14-17(2,3)18(4,5)15-16/h9-10,16H,6-8,11-15H2,1-5H3. The second-order valence-corrected chi connectivity index (χ2v) is 7.57. The molecule has 0 N–H and O–H groups in total. The van der Waals surface area contributed by atoms with Crippen molar-refractivity contribution < 1.29 is 0 Å². The van der Waals surface area contributed by atoms with Crippen LogP contribution in [0.4, 0.5) is 0 Å². The quantitative estimate of drug-likeness (QED) is 0.380. The van der Waals surface area contributed by atoms with E-state index >= 15 is 0 Å². The summed E-state index contributed by atoms with van der Waals surface area (Å²) in [5.74, 6) is 0.962. The van der Waals surface area contributed by atoms with E-state index in [1.807, 2.05) is 0 Å². The smallest absolute Gasteiger partial charge is 0.0300 e. The van der Waals surface area contributed by atoms with E-state index < -0.39 is 0 Å². The minimum Gasteiger partial charge on any atom is -0.0885 e. The van der Waals surface area contributed by atoms with Crippen LogP contribution in [0.3, 0.4) is 0 Å². The molecule has 18 heavy (non-hydrogen) atoms. The van der Waals surface area contributed by atoms with Gasteiger partial charge in [0.1, 0.15) is 0 Å². The van der Waals surface area contributed by atoms with E-state index in [-0.39, 0.29) is 0 Å². The van der Waals surface area contributed by atoms with Crippen LogP contribution in [0.15, 0.2) is 12.2 Å². The van der Waals surface area contributed by atoms with Gasteiger partial charge >= 0.3 is 0 Å². The average molecular weight is 250 g/mol. The van der Waals surface area contributed by atoms with Gasteiger partial charge in [-0.15, -0.1) is 0 Å². The summed E-state index contributed by atoms with van der Waals surface area (Å²) < 4.78 is 0. The third kappa shape index (κ3) is 4.44. The van der Waals surface area contributed by atoms with Crippen molar-refractivity contribution >= 4 is 0 Å². The monoisotopic (exact) mass is 250 g/mol. The van der Waals surface area contributed by atoms with E-state index in [4.69, 9.17) is 0 Å². The lowest BCUT2D eigenvalue weighted by Gasteiger charge is -2.49. The van der Waals surface area contributed by atoms with E-state index in [2.05, 4.69) is 46.8 Å². The lowest BCUT2D eigenvalue weighted by atomic mass is 9.57. The molecule has 0 amide bonds. The van der Waals surface area contributed by atoms with Crippen LogP contribution in [-0.4, -0.2) is 0 Å². The summed E-state index contributed by atoms with van der Waals surface area (Å²) in [5, 5.41) is 0. The van der Waals surface area contributed by atoms with Crippen LogP contribution in [0.25, 0.3) is 0 Å². The summed E-state index contributed by atoms with van der Waals surface area (Å²) >= 11 is 0. The van der Waals surface area contributed by atoms with Gasteiger partial charge in [0, 0.05) is 0 Å². The maximum Gasteiger partial charge on any atom is -0.0300 e. The number of unbranched alkanes of at least 4 members (excludes halogenated alkanes) is 2. The predicted molar refractivity (Wildman–Crippen MR) is 82.8 cm³/mol. The topological polar surface area (TPSA) is 0 Å². The molecule has 0 heteroatoms. The highest BCUT2D eigenvalue weighted by Crippen LogP contribution is 2.52. The third-order valence-electron chi connectivity index (χ3n) is 5.44. The molecule has 0 aromatic carbocycles. The summed E-state index contributed by atoms with van der Waals surface area (Å²) in [4.78, 5) is 0. The van der Waals surface area contributed by atoms with Crippen molar-refractivity contribution in [1.82, 2.24) is 0 Å². The molecule has 1 aliphatic rings. The van der Waals surface area contributed by atoms with Crippen LogP contribution >= 0.6 is 0 Å². The maximum absolute atomic E-state index is 2.47. The summed E-state index contributed by atoms with van der Waals surface area (Å²) in [6, 6.07) is 0. The minimum atomic E-state index is 0.516. The van der Waals surface area contributed by atoms with Gasteiger partial charge in [-0.3, -0.25) is 0 Å². The van der Waals surface area contributed by atoms with Crippen molar-refractivity contribution in [2.45, 2.75) is 86.0 Å². The van der Waals surface area contributed by atoms with Gasteiger partial charge in [0.2, 0.25) is 0 Å². The van der Waals surface area contributed by atoms with Gasteiger partial charge in [0.25, 0.3) is 0 Å². The third-order valence-corrected chi connectivity index (χ3v) is 5.44. The van der Waals surface area contributed by atoms with Crippen LogP contribution in [0.5, 0.6) is 0 Å². The molecular weight excluding hydrogens is 216 g/mol. The minimum absolute atomic E-state index is 0.516. The second kappa shape index (κ2) is 6.78. The first-order valence-electron chi connectivity index (χ1n) is 8.04. The molecule has 1 fully saturated rings. The SMILES string of the molecule is CCCCC=CCCC1CCC(C)(C)C(C)(C)C1. The number of hydrogen-bond acceptors (Lipinski definition) is 0. The molecule has 1 unspecified atom stereocenters. The molecule has 0 bridgehead atoms. The fraction of sp³-hybridized carbons (Fsp3) is 0.889. The van der Waals surface area contributed by atoms with E-state index in [0.717, 1.165) is 5.92 Å². The summed E-state index contributed by atoms with van der Waals surface area (Å²) in [6.45, 7) is 12.1. The Labute approximate surface area is 115 Å². The lowest BCUT2D eigenvalue weighted by molar-refractivity contribution is 0.0184. The Bertz CT molecular complexity index is 257. The van der Waals surface area contributed by atoms with Gasteiger partial charge < -0.3 is 0 Å². The highest BCUT2D eigenvalue weighted by Gasteiger charge is 2.41. The van der Waals surface area contributed by atoms with E-state index in [1.165, 1.54) is 51.4 Å². The maximum atomic E-state index is 2.47. The Morgan fingerprint density at radius 3 is 2.28 bits per heavy atom. The number of allylic oxidation sites excluding steroid dienone is 2. The Morgan fingerprint density at radius 2 is 1.67 bits per heavy atom. The van der Waals surface area contributed by atoms with Crippen molar-refractivity contribution in [3.8, 4) is 0 Å². The predicted octanol–water partition coefficient (Wildman–Crippen LogP) is 6.37. The molecule has 0 aliphatic heterocycles. The van der Waals surface area contributed by atoms with Crippen LogP contribution < -0.4 is 0 Å². The Balaban J connectivity index is 2.27. The average Bonchev–Trinajstić information content (AvgIpc) is 2.28. The van der Waals surface area contributed by atoms with Crippen molar-refractivity contribution in [2.24, 2.45) is 16.7 Å². The van der Waals surface area contributed by atoms with Crippen molar-refractivity contribution in [1.29, 1.82) is 0 Å². The molecule has 0 radical (unpaired) electrons. The molecule has 0 spiro atoms. The Hall–Kier alpha value is -0.260. The fourth-order valence-electron chi connectivity index (χ4n) is 3.14. The van der Waals surface area contributed by atoms with E-state index in [1.54, 1.807) is 0 Å². The molecular formula is C18H34. The van der Waals surface area contributed by atoms with Gasteiger partial charge in [-0.1, -0.05) is 59.6 Å². The number of rotatable bonds is 6. The van der Waals surface area contributed by atoms with Gasteiger partial charge in [0.05, 0.1) is 0 Å². The van der Waals surface area contributed by atoms with E-state index in [9.17, 15) is 0 Å². The van der Waals surface area contributed by atoms with Gasteiger partial charge in [-0.25, -0.2) is 0 Å². The molecule has 0 saturated heterocycles. The highest BCUT2D eigenvalue weighted by atomic mass is 14.5. The first-order chi connectivity index (χ1) is 8.39. The normalized spacial score (nSPS) is 26.6. The number of hydrogen-bond donors (Lipinski definition) is 0. The summed E-state index contributed by atoms with van der Waals surface area (Å²) in [5.41, 5.74) is 1.04. The molecule has 0 nitrogen and oxygen atoms in total. The molecule has 1 saturated carbocycles. The zero-order valence-corrected chi connectivity index (χ0v) is 13.4. The molecule has 1 rings (SSSR count). The summed E-state index contributed by atoms with van der Waals surface area (Å²) in [6.07, 6.45) is 15.7. The Kier molecular flexibility index (Phi) is 5.95. The van der Waals surface area contributed by atoms with Crippen LogP contribution in [-0.2, 0) is 0 Å². The molecule has 1 aliphatic carbocycles. The molecule has 106 valence electrons. The molecule has 0 aromatic rings. The van der Waals surface area contributed by atoms with Crippen molar-refractivity contribution in [3.05, 3.63) is 12.2 Å². The van der Waals surface area contributed by atoms with Crippen molar-refractivity contribution in [3.63, 3.8) is 0 Å². The van der Waals surface area contributed by atoms with Crippen LogP contribution in [0.1, 0.15) is 86.0 Å². The van der Waals surface area contributed by atoms with Crippen LogP contribution in [0.2, 0.25) is 0 Å². The lowest BCUT2D eigenvalue weighted by Crippen LogP contribution is -2.38. The molecule has 1 atom stereocenters. The van der Waals surface area contributed by atoms with Gasteiger partial charge in [-0.2, -0.15) is 0 Å². The summed E-state index contributed by atoms with van der Waals surface area (Å²) in [7, 11) is 0. The van der Waals surface area contributed by atoms with Gasteiger partial charge in [0.15, 0.2) is 0 Å². The molecule has 0 aromatic heterocycles. The van der Waals surface area contributed by atoms with Crippen LogP contribution in [0, 0.1) is 16.7 Å². The van der Waals surface area contributed by atoms with Gasteiger partial charge in [-0.05, 0) is 55.3 Å². The first kappa shape index (κ1) is 15.8. The second-order valence-electron chi connectivity index (χ2n) is 7.57. The van der Waals surface area contributed by atoms with E-state index in [0.29, 0.717) is 10.8 Å². The Morgan fingerprint density at radius 1 is 1.00 bits per heavy atom.